The molecule has 1 saturated carbocycles. The van der Waals surface area contributed by atoms with E-state index in [1.54, 1.807) is 4.57 Å². The molecule has 192 valence electrons. The van der Waals surface area contributed by atoms with Crippen molar-refractivity contribution in [2.45, 2.75) is 32.0 Å². The minimum absolute atomic E-state index is 0.0323. The highest BCUT2D eigenvalue weighted by Crippen LogP contribution is 2.43. The number of aromatic nitrogens is 1. The normalized spacial score (nSPS) is 16.8. The van der Waals surface area contributed by atoms with Crippen LogP contribution in [0.25, 0.3) is 10.9 Å². The summed E-state index contributed by atoms with van der Waals surface area (Å²) in [6, 6.07) is 5.24. The number of halogens is 1. The predicted octanol–water partition coefficient (Wildman–Crippen LogP) is 3.16. The molecule has 10 heteroatoms. The van der Waals surface area contributed by atoms with Gasteiger partial charge >= 0.3 is 5.97 Å². The van der Waals surface area contributed by atoms with Gasteiger partial charge in [0.2, 0.25) is 5.43 Å². The number of benzene rings is 1. The van der Waals surface area contributed by atoms with Crippen LogP contribution in [0, 0.1) is 5.82 Å². The summed E-state index contributed by atoms with van der Waals surface area (Å²) in [6.07, 6.45) is 3.12. The highest BCUT2D eigenvalue weighted by Gasteiger charge is 2.32. The van der Waals surface area contributed by atoms with Gasteiger partial charge in [-0.05, 0) is 45.1 Å². The fraction of sp³-hybridized carbons (Fsp3) is 0.462. The van der Waals surface area contributed by atoms with E-state index in [4.69, 9.17) is 9.15 Å². The van der Waals surface area contributed by atoms with Gasteiger partial charge in [0, 0.05) is 38.4 Å². The third kappa shape index (κ3) is 4.58. The molecule has 2 fully saturated rings. The number of carboxylic acid groups (broad SMARTS) is 1. The maximum atomic E-state index is 15.5. The molecule has 0 bridgehead atoms. The van der Waals surface area contributed by atoms with Crippen LogP contribution in [0.4, 0.5) is 10.1 Å². The number of aromatic carboxylic acids is 1. The maximum absolute atomic E-state index is 15.5. The third-order valence-electron chi connectivity index (χ3n) is 6.83. The van der Waals surface area contributed by atoms with Crippen molar-refractivity contribution >= 4 is 22.6 Å². The molecule has 0 unspecified atom stereocenters. The molecule has 0 radical (unpaired) electrons. The first kappa shape index (κ1) is 24.3. The van der Waals surface area contributed by atoms with Gasteiger partial charge in [0.1, 0.15) is 22.8 Å². The second-order valence-corrected chi connectivity index (χ2v) is 9.82. The Labute approximate surface area is 208 Å². The molecule has 1 aromatic carbocycles. The molecule has 5 rings (SSSR count). The van der Waals surface area contributed by atoms with Crippen molar-refractivity contribution in [1.29, 1.82) is 0 Å². The van der Waals surface area contributed by atoms with Crippen LogP contribution < -0.4 is 15.1 Å². The van der Waals surface area contributed by atoms with Crippen molar-refractivity contribution in [1.82, 2.24) is 14.4 Å². The Balaban J connectivity index is 1.42. The Morgan fingerprint density at radius 1 is 1.19 bits per heavy atom. The van der Waals surface area contributed by atoms with Gasteiger partial charge in [0.05, 0.1) is 31.1 Å². The van der Waals surface area contributed by atoms with Crippen LogP contribution >= 0.6 is 0 Å². The van der Waals surface area contributed by atoms with Gasteiger partial charge in [-0.1, -0.05) is 0 Å². The summed E-state index contributed by atoms with van der Waals surface area (Å²) in [4.78, 5) is 30.8. The zero-order chi connectivity index (χ0) is 25.6. The minimum atomic E-state index is -1.32. The number of rotatable bonds is 8. The molecule has 36 heavy (non-hydrogen) atoms. The number of anilines is 1. The average molecular weight is 499 g/mol. The molecule has 2 aromatic heterocycles. The Kier molecular flexibility index (Phi) is 6.48. The number of carboxylic acids is 1. The second-order valence-electron chi connectivity index (χ2n) is 9.82. The molecule has 1 aliphatic heterocycles. The summed E-state index contributed by atoms with van der Waals surface area (Å²) < 4.78 is 28.9. The summed E-state index contributed by atoms with van der Waals surface area (Å²) in [5, 5.41) is 9.55. The van der Waals surface area contributed by atoms with Gasteiger partial charge in [0.25, 0.3) is 0 Å². The molecule has 2 aliphatic rings. The van der Waals surface area contributed by atoms with E-state index in [1.165, 1.54) is 19.4 Å². The highest BCUT2D eigenvalue weighted by molar-refractivity contribution is 5.97. The van der Waals surface area contributed by atoms with Crippen molar-refractivity contribution in [3.63, 3.8) is 0 Å². The Morgan fingerprint density at radius 2 is 1.89 bits per heavy atom. The Hall–Kier alpha value is -3.37. The third-order valence-corrected chi connectivity index (χ3v) is 6.83. The number of methoxy groups -OCH3 is 1. The summed E-state index contributed by atoms with van der Waals surface area (Å²) in [6.45, 7) is 3.98. The minimum Gasteiger partial charge on any atom is -0.492 e. The summed E-state index contributed by atoms with van der Waals surface area (Å²) in [5.41, 5.74) is -0.287. The van der Waals surface area contributed by atoms with Crippen molar-refractivity contribution in [2.75, 3.05) is 52.3 Å². The van der Waals surface area contributed by atoms with Crippen LogP contribution in [0.1, 0.15) is 40.8 Å². The molecule has 1 saturated heterocycles. The molecule has 9 nitrogen and oxygen atoms in total. The van der Waals surface area contributed by atoms with Gasteiger partial charge in [-0.3, -0.25) is 9.69 Å². The fourth-order valence-corrected chi connectivity index (χ4v) is 4.98. The lowest BCUT2D eigenvalue weighted by atomic mass is 10.1. The maximum Gasteiger partial charge on any atom is 0.341 e. The lowest BCUT2D eigenvalue weighted by Crippen LogP contribution is -2.46. The van der Waals surface area contributed by atoms with Crippen molar-refractivity contribution in [3.8, 4) is 5.75 Å². The van der Waals surface area contributed by atoms with Crippen molar-refractivity contribution < 1.29 is 23.4 Å². The van der Waals surface area contributed by atoms with Crippen molar-refractivity contribution in [3.05, 3.63) is 57.5 Å². The van der Waals surface area contributed by atoms with Gasteiger partial charge < -0.3 is 28.6 Å². The summed E-state index contributed by atoms with van der Waals surface area (Å²) in [5.74, 6) is 0.191. The molecule has 0 atom stereocenters. The molecular weight excluding hydrogens is 467 g/mol. The number of fused-ring (bicyclic) bond motifs is 1. The van der Waals surface area contributed by atoms with E-state index in [9.17, 15) is 14.7 Å². The molecular formula is C26H31FN4O5. The molecule has 0 spiro atoms. The van der Waals surface area contributed by atoms with Crippen LogP contribution in [0.15, 0.2) is 33.6 Å². The molecule has 1 N–H and O–H groups in total. The molecule has 1 aliphatic carbocycles. The molecule has 3 heterocycles. The predicted molar refractivity (Wildman–Crippen MR) is 134 cm³/mol. The Bertz CT molecular complexity index is 1350. The number of ether oxygens (including phenoxy) is 1. The van der Waals surface area contributed by atoms with E-state index in [0.29, 0.717) is 43.9 Å². The molecule has 0 amide bonds. The zero-order valence-corrected chi connectivity index (χ0v) is 20.8. The first-order valence-corrected chi connectivity index (χ1v) is 12.1. The number of pyridine rings is 1. The van der Waals surface area contributed by atoms with Gasteiger partial charge in [-0.25, -0.2) is 9.18 Å². The highest BCUT2D eigenvalue weighted by atomic mass is 19.1. The van der Waals surface area contributed by atoms with Gasteiger partial charge in [-0.2, -0.15) is 0 Å². The molecule has 3 aromatic rings. The Morgan fingerprint density at radius 3 is 2.50 bits per heavy atom. The lowest BCUT2D eigenvalue weighted by Gasteiger charge is -2.36. The number of hydrogen-bond acceptors (Lipinski definition) is 7. The monoisotopic (exact) mass is 498 g/mol. The number of furan rings is 1. The van der Waals surface area contributed by atoms with Crippen LogP contribution in [-0.2, 0) is 13.1 Å². The number of piperazine rings is 1. The van der Waals surface area contributed by atoms with Crippen LogP contribution in [0.3, 0.4) is 0 Å². The second kappa shape index (κ2) is 9.59. The largest absolute Gasteiger partial charge is 0.492 e. The first-order chi connectivity index (χ1) is 17.3. The van der Waals surface area contributed by atoms with Crippen LogP contribution in [-0.4, -0.2) is 72.8 Å². The van der Waals surface area contributed by atoms with Gasteiger partial charge in [0.15, 0.2) is 11.6 Å². The topological polar surface area (TPSA) is 91.4 Å². The van der Waals surface area contributed by atoms with Crippen LogP contribution in [0.5, 0.6) is 5.75 Å². The first-order valence-electron chi connectivity index (χ1n) is 12.1. The van der Waals surface area contributed by atoms with E-state index in [-0.39, 0.29) is 22.7 Å². The summed E-state index contributed by atoms with van der Waals surface area (Å²) in [7, 11) is 5.45. The van der Waals surface area contributed by atoms with E-state index in [2.05, 4.69) is 9.80 Å². The van der Waals surface area contributed by atoms with Gasteiger partial charge in [-0.15, -0.1) is 0 Å². The number of carbonyl (C=O) groups is 1. The summed E-state index contributed by atoms with van der Waals surface area (Å²) >= 11 is 0. The van der Waals surface area contributed by atoms with E-state index in [0.717, 1.165) is 30.9 Å². The lowest BCUT2D eigenvalue weighted by molar-refractivity contribution is 0.0694. The number of hydrogen-bond donors (Lipinski definition) is 1. The van der Waals surface area contributed by atoms with E-state index < -0.39 is 17.2 Å². The zero-order valence-electron chi connectivity index (χ0n) is 20.8. The van der Waals surface area contributed by atoms with Crippen LogP contribution in [0.2, 0.25) is 0 Å². The quantitative estimate of drug-likeness (QED) is 0.507. The average Bonchev–Trinajstić information content (AvgIpc) is 3.59. The smallest absolute Gasteiger partial charge is 0.341 e. The van der Waals surface area contributed by atoms with E-state index >= 15 is 4.39 Å². The van der Waals surface area contributed by atoms with E-state index in [1.807, 2.05) is 31.1 Å². The standard InChI is InChI=1S/C26H31FN4O5/c1-28(2)13-17-6-7-18(36-17)14-29-8-10-30(11-9-29)23-21(27)12-19-22(25(23)35-3)31(16-4-5-16)15-20(24(19)32)26(33)34/h6-7,12,15-16H,4-5,8-11,13-14H2,1-3H3,(H,33,34). The number of nitrogens with zero attached hydrogens (tertiary/aromatic N) is 4. The fourth-order valence-electron chi connectivity index (χ4n) is 4.98. The van der Waals surface area contributed by atoms with Crippen molar-refractivity contribution in [2.24, 2.45) is 0 Å². The SMILES string of the molecule is COc1c(N2CCN(Cc3ccc(CN(C)C)o3)CC2)c(F)cc2c(=O)c(C(=O)O)cn(C3CC3)c12.